The topological polar surface area (TPSA) is 72.6 Å². The average Bonchev–Trinajstić information content (AvgIpc) is 2.41. The van der Waals surface area contributed by atoms with Crippen molar-refractivity contribution in [2.75, 3.05) is 31.7 Å². The Bertz CT molecular complexity index is 622. The van der Waals surface area contributed by atoms with Gasteiger partial charge in [-0.2, -0.15) is 0 Å². The molecule has 1 unspecified atom stereocenters. The van der Waals surface area contributed by atoms with E-state index in [1.54, 1.807) is 0 Å². The lowest BCUT2D eigenvalue weighted by atomic mass is 10.0. The second-order valence-corrected chi connectivity index (χ2v) is 7.23. The van der Waals surface area contributed by atoms with Crippen molar-refractivity contribution < 1.29 is 21.9 Å². The molecule has 21 heavy (non-hydrogen) atoms. The molecule has 0 aromatic heterocycles. The van der Waals surface area contributed by atoms with Gasteiger partial charge in [0, 0.05) is 31.1 Å². The van der Waals surface area contributed by atoms with Crippen molar-refractivity contribution in [3.8, 4) is 5.75 Å². The van der Waals surface area contributed by atoms with Gasteiger partial charge in [-0.05, 0) is 12.8 Å². The Morgan fingerprint density at radius 3 is 2.76 bits per heavy atom. The smallest absolute Gasteiger partial charge is 0.211 e. The van der Waals surface area contributed by atoms with Gasteiger partial charge >= 0.3 is 0 Å². The van der Waals surface area contributed by atoms with Crippen LogP contribution in [0.15, 0.2) is 12.1 Å². The van der Waals surface area contributed by atoms with Gasteiger partial charge in [0.05, 0.1) is 18.6 Å². The summed E-state index contributed by atoms with van der Waals surface area (Å²) < 4.78 is 56.5. The number of anilines is 1. The molecule has 0 amide bonds. The number of nitrogen functional groups attached to an aromatic ring is 1. The van der Waals surface area contributed by atoms with Crippen LogP contribution in [-0.2, 0) is 10.0 Å². The van der Waals surface area contributed by atoms with Crippen molar-refractivity contribution in [1.29, 1.82) is 0 Å². The largest absolute Gasteiger partial charge is 0.490 e. The third kappa shape index (κ3) is 4.04. The Kier molecular flexibility index (Phi) is 4.67. The molecule has 0 aliphatic carbocycles. The predicted molar refractivity (Wildman–Crippen MR) is 75.4 cm³/mol. The molecule has 0 spiro atoms. The molecule has 1 saturated heterocycles. The zero-order valence-electron chi connectivity index (χ0n) is 11.7. The van der Waals surface area contributed by atoms with Gasteiger partial charge in [-0.15, -0.1) is 0 Å². The van der Waals surface area contributed by atoms with E-state index < -0.39 is 21.7 Å². The molecule has 8 heteroatoms. The van der Waals surface area contributed by atoms with E-state index in [9.17, 15) is 17.2 Å². The van der Waals surface area contributed by atoms with Crippen LogP contribution in [0.1, 0.15) is 12.8 Å². The summed E-state index contributed by atoms with van der Waals surface area (Å²) in [6.45, 7) is 0.949. The van der Waals surface area contributed by atoms with E-state index in [0.717, 1.165) is 31.2 Å². The molecule has 0 saturated carbocycles. The van der Waals surface area contributed by atoms with Crippen LogP contribution in [0, 0.1) is 17.6 Å². The molecule has 1 atom stereocenters. The number of ether oxygens (including phenoxy) is 1. The van der Waals surface area contributed by atoms with Gasteiger partial charge in [-0.25, -0.2) is 21.5 Å². The molecule has 1 aliphatic heterocycles. The minimum absolute atomic E-state index is 0.0477. The Labute approximate surface area is 122 Å². The Morgan fingerprint density at radius 1 is 1.38 bits per heavy atom. The fourth-order valence-corrected chi connectivity index (χ4v) is 3.27. The number of rotatable bonds is 4. The average molecular weight is 320 g/mol. The fourth-order valence-electron chi connectivity index (χ4n) is 2.33. The summed E-state index contributed by atoms with van der Waals surface area (Å²) in [4.78, 5) is 0. The number of nitrogens with two attached hydrogens (primary N) is 1. The fraction of sp³-hybridized carbons (Fsp3) is 0.538. The van der Waals surface area contributed by atoms with Gasteiger partial charge in [0.15, 0.2) is 11.6 Å². The van der Waals surface area contributed by atoms with Crippen LogP contribution >= 0.6 is 0 Å². The molecule has 0 bridgehead atoms. The molecular weight excluding hydrogens is 302 g/mol. The Balaban J connectivity index is 1.98. The molecule has 1 heterocycles. The third-order valence-corrected chi connectivity index (χ3v) is 4.75. The van der Waals surface area contributed by atoms with Crippen molar-refractivity contribution in [2.45, 2.75) is 12.8 Å². The van der Waals surface area contributed by atoms with Gasteiger partial charge < -0.3 is 10.5 Å². The SMILES string of the molecule is CS(=O)(=O)N1CCCC(COc2cc(F)c(N)cc2F)C1. The summed E-state index contributed by atoms with van der Waals surface area (Å²) in [6.07, 6.45) is 2.66. The lowest BCUT2D eigenvalue weighted by Crippen LogP contribution is -2.41. The van der Waals surface area contributed by atoms with Crippen molar-refractivity contribution in [1.82, 2.24) is 4.31 Å². The number of sulfonamides is 1. The first kappa shape index (κ1) is 16.0. The van der Waals surface area contributed by atoms with Crippen molar-refractivity contribution in [3.05, 3.63) is 23.8 Å². The minimum Gasteiger partial charge on any atom is -0.490 e. The monoisotopic (exact) mass is 320 g/mol. The van der Waals surface area contributed by atoms with E-state index in [0.29, 0.717) is 13.1 Å². The van der Waals surface area contributed by atoms with Crippen molar-refractivity contribution in [2.24, 2.45) is 5.92 Å². The molecule has 2 rings (SSSR count). The molecule has 1 fully saturated rings. The highest BCUT2D eigenvalue weighted by Crippen LogP contribution is 2.25. The van der Waals surface area contributed by atoms with E-state index in [-0.39, 0.29) is 24.0 Å². The van der Waals surface area contributed by atoms with Crippen LogP contribution in [0.4, 0.5) is 14.5 Å². The highest BCUT2D eigenvalue weighted by atomic mass is 32.2. The zero-order valence-corrected chi connectivity index (χ0v) is 12.5. The molecule has 2 N–H and O–H groups in total. The van der Waals surface area contributed by atoms with Gasteiger partial charge in [-0.1, -0.05) is 0 Å². The lowest BCUT2D eigenvalue weighted by molar-refractivity contribution is 0.176. The van der Waals surface area contributed by atoms with Crippen LogP contribution in [-0.4, -0.2) is 38.7 Å². The summed E-state index contributed by atoms with van der Waals surface area (Å²) >= 11 is 0. The molecular formula is C13H18F2N2O3S. The van der Waals surface area contributed by atoms with E-state index in [1.165, 1.54) is 4.31 Å². The molecule has 0 radical (unpaired) electrons. The maximum Gasteiger partial charge on any atom is 0.211 e. The van der Waals surface area contributed by atoms with Gasteiger partial charge in [0.25, 0.3) is 0 Å². The molecule has 1 aromatic carbocycles. The highest BCUT2D eigenvalue weighted by molar-refractivity contribution is 7.88. The summed E-state index contributed by atoms with van der Waals surface area (Å²) in [5.41, 5.74) is 4.97. The standard InChI is InChI=1S/C13H18F2N2O3S/c1-21(18,19)17-4-2-3-9(7-17)8-20-13-6-10(14)12(16)5-11(13)15/h5-6,9H,2-4,7-8,16H2,1H3. The third-order valence-electron chi connectivity index (χ3n) is 3.48. The van der Waals surface area contributed by atoms with Gasteiger partial charge in [0.2, 0.25) is 10.0 Å². The van der Waals surface area contributed by atoms with Crippen LogP contribution in [0.2, 0.25) is 0 Å². The Morgan fingerprint density at radius 2 is 2.10 bits per heavy atom. The number of nitrogens with zero attached hydrogens (tertiary/aromatic N) is 1. The van der Waals surface area contributed by atoms with E-state index in [4.69, 9.17) is 10.5 Å². The minimum atomic E-state index is -3.24. The number of benzene rings is 1. The number of hydrogen-bond acceptors (Lipinski definition) is 4. The summed E-state index contributed by atoms with van der Waals surface area (Å²) in [7, 11) is -3.24. The maximum atomic E-state index is 13.6. The molecule has 1 aromatic rings. The first-order valence-corrected chi connectivity index (χ1v) is 8.44. The quantitative estimate of drug-likeness (QED) is 0.855. The number of hydrogen-bond donors (Lipinski definition) is 1. The number of piperidine rings is 1. The first-order valence-electron chi connectivity index (χ1n) is 6.60. The van der Waals surface area contributed by atoms with Crippen LogP contribution in [0.25, 0.3) is 0 Å². The summed E-state index contributed by atoms with van der Waals surface area (Å²) in [5.74, 6) is -1.73. The Hall–Kier alpha value is -1.41. The number of halogens is 2. The lowest BCUT2D eigenvalue weighted by Gasteiger charge is -2.30. The van der Waals surface area contributed by atoms with Gasteiger partial charge in [-0.3, -0.25) is 0 Å². The van der Waals surface area contributed by atoms with Crippen LogP contribution in [0.3, 0.4) is 0 Å². The van der Waals surface area contributed by atoms with Crippen molar-refractivity contribution in [3.63, 3.8) is 0 Å². The van der Waals surface area contributed by atoms with E-state index in [1.807, 2.05) is 0 Å². The van der Waals surface area contributed by atoms with E-state index in [2.05, 4.69) is 0 Å². The summed E-state index contributed by atoms with van der Waals surface area (Å²) in [6, 6.07) is 1.77. The normalized spacial score (nSPS) is 20.4. The molecule has 5 nitrogen and oxygen atoms in total. The van der Waals surface area contributed by atoms with Crippen LogP contribution in [0.5, 0.6) is 5.75 Å². The van der Waals surface area contributed by atoms with Gasteiger partial charge in [0.1, 0.15) is 5.82 Å². The summed E-state index contributed by atoms with van der Waals surface area (Å²) in [5, 5.41) is 0. The second-order valence-electron chi connectivity index (χ2n) is 5.24. The maximum absolute atomic E-state index is 13.6. The molecule has 1 aliphatic rings. The first-order chi connectivity index (χ1) is 9.77. The second kappa shape index (κ2) is 6.15. The predicted octanol–water partition coefficient (Wildman–Crippen LogP) is 1.60. The van der Waals surface area contributed by atoms with Crippen LogP contribution < -0.4 is 10.5 Å². The molecule has 118 valence electrons. The zero-order chi connectivity index (χ0) is 15.6. The van der Waals surface area contributed by atoms with E-state index >= 15 is 0 Å². The van der Waals surface area contributed by atoms with Crippen molar-refractivity contribution >= 4 is 15.7 Å². The highest BCUT2D eigenvalue weighted by Gasteiger charge is 2.26.